The number of carbonyl (C=O) groups is 1. The van der Waals surface area contributed by atoms with E-state index in [9.17, 15) is 4.79 Å². The third-order valence-corrected chi connectivity index (χ3v) is 5.73. The van der Waals surface area contributed by atoms with Gasteiger partial charge in [-0.05, 0) is 26.3 Å². The second kappa shape index (κ2) is 6.26. The molecule has 0 aromatic carbocycles. The van der Waals surface area contributed by atoms with Gasteiger partial charge in [-0.25, -0.2) is 0 Å². The smallest absolute Gasteiger partial charge is 0.263 e. The predicted octanol–water partition coefficient (Wildman–Crippen LogP) is 2.80. The molecule has 0 bridgehead atoms. The predicted molar refractivity (Wildman–Crippen MR) is 90.1 cm³/mol. The van der Waals surface area contributed by atoms with E-state index in [4.69, 9.17) is 5.73 Å². The van der Waals surface area contributed by atoms with Crippen molar-refractivity contribution in [2.45, 2.75) is 31.9 Å². The zero-order valence-electron chi connectivity index (χ0n) is 12.4. The molecule has 4 nitrogen and oxygen atoms in total. The second-order valence-corrected chi connectivity index (χ2v) is 8.49. The first-order chi connectivity index (χ1) is 9.43. The summed E-state index contributed by atoms with van der Waals surface area (Å²) in [5.74, 6) is 1.06. The standard InChI is InChI=1S/C14H23N3OS2/c1-4-5-16-13(18)12-10(15)8-11(20-12)17-6-7-19-14(2,3)9-17/h8H,4-7,9,15H2,1-3H3,(H,16,18). The lowest BCUT2D eigenvalue weighted by Crippen LogP contribution is -2.42. The molecule has 1 aromatic rings. The molecule has 1 amide bonds. The molecule has 1 fully saturated rings. The van der Waals surface area contributed by atoms with Crippen LogP contribution in [0.4, 0.5) is 10.7 Å². The van der Waals surface area contributed by atoms with Gasteiger partial charge in [-0.1, -0.05) is 6.92 Å². The number of rotatable bonds is 4. The van der Waals surface area contributed by atoms with E-state index < -0.39 is 0 Å². The SMILES string of the molecule is CCCNC(=O)c1sc(N2CCSC(C)(C)C2)cc1N. The highest BCUT2D eigenvalue weighted by atomic mass is 32.2. The zero-order valence-corrected chi connectivity index (χ0v) is 14.0. The summed E-state index contributed by atoms with van der Waals surface area (Å²) in [7, 11) is 0. The number of hydrogen-bond donors (Lipinski definition) is 2. The molecule has 3 N–H and O–H groups in total. The van der Waals surface area contributed by atoms with Gasteiger partial charge in [-0.3, -0.25) is 4.79 Å². The van der Waals surface area contributed by atoms with Crippen LogP contribution in [0.15, 0.2) is 6.07 Å². The van der Waals surface area contributed by atoms with E-state index in [1.54, 1.807) is 0 Å². The summed E-state index contributed by atoms with van der Waals surface area (Å²) in [4.78, 5) is 15.0. The van der Waals surface area contributed by atoms with Crippen LogP contribution in [-0.2, 0) is 0 Å². The minimum absolute atomic E-state index is 0.0498. The van der Waals surface area contributed by atoms with Gasteiger partial charge in [0, 0.05) is 30.1 Å². The van der Waals surface area contributed by atoms with Gasteiger partial charge < -0.3 is 16.0 Å². The Labute approximate surface area is 129 Å². The highest BCUT2D eigenvalue weighted by Crippen LogP contribution is 2.37. The minimum atomic E-state index is -0.0498. The van der Waals surface area contributed by atoms with E-state index in [0.29, 0.717) is 17.1 Å². The number of thiophene rings is 1. The van der Waals surface area contributed by atoms with Crippen LogP contribution in [0.25, 0.3) is 0 Å². The van der Waals surface area contributed by atoms with Crippen molar-refractivity contribution >= 4 is 39.7 Å². The van der Waals surface area contributed by atoms with Crippen molar-refractivity contribution in [2.75, 3.05) is 36.0 Å². The van der Waals surface area contributed by atoms with Crippen molar-refractivity contribution in [3.63, 3.8) is 0 Å². The Kier molecular flexibility index (Phi) is 4.86. The molecule has 0 saturated carbocycles. The molecular weight excluding hydrogens is 290 g/mol. The van der Waals surface area contributed by atoms with Gasteiger partial charge in [0.2, 0.25) is 0 Å². The average Bonchev–Trinajstić information content (AvgIpc) is 2.77. The number of nitrogen functional groups attached to an aromatic ring is 1. The first-order valence-electron chi connectivity index (χ1n) is 6.99. The number of nitrogens with two attached hydrogens (primary N) is 1. The molecule has 0 atom stereocenters. The van der Waals surface area contributed by atoms with E-state index in [1.807, 2.05) is 24.8 Å². The molecular formula is C14H23N3OS2. The number of amides is 1. The molecule has 0 spiro atoms. The fraction of sp³-hybridized carbons (Fsp3) is 0.643. The van der Waals surface area contributed by atoms with Crippen LogP contribution in [0.2, 0.25) is 0 Å². The maximum Gasteiger partial charge on any atom is 0.263 e. The third kappa shape index (κ3) is 3.61. The van der Waals surface area contributed by atoms with Gasteiger partial charge in [0.25, 0.3) is 5.91 Å². The number of carbonyl (C=O) groups excluding carboxylic acids is 1. The largest absolute Gasteiger partial charge is 0.397 e. The van der Waals surface area contributed by atoms with E-state index >= 15 is 0 Å². The minimum Gasteiger partial charge on any atom is -0.397 e. The summed E-state index contributed by atoms with van der Waals surface area (Å²) in [6.07, 6.45) is 0.932. The number of nitrogens with one attached hydrogen (secondary N) is 1. The lowest BCUT2D eigenvalue weighted by atomic mass is 10.2. The maximum absolute atomic E-state index is 12.0. The van der Waals surface area contributed by atoms with Crippen molar-refractivity contribution in [3.05, 3.63) is 10.9 Å². The first kappa shape index (κ1) is 15.5. The van der Waals surface area contributed by atoms with Crippen LogP contribution >= 0.6 is 23.1 Å². The first-order valence-corrected chi connectivity index (χ1v) is 8.79. The zero-order chi connectivity index (χ0) is 14.8. The molecule has 0 aliphatic carbocycles. The summed E-state index contributed by atoms with van der Waals surface area (Å²) < 4.78 is 0.252. The Balaban J connectivity index is 2.12. The second-order valence-electron chi connectivity index (χ2n) is 5.65. The third-order valence-electron chi connectivity index (χ3n) is 3.23. The molecule has 1 aromatic heterocycles. The van der Waals surface area contributed by atoms with Crippen molar-refractivity contribution < 1.29 is 4.79 Å². The molecule has 1 aliphatic heterocycles. The molecule has 0 unspecified atom stereocenters. The number of thioether (sulfide) groups is 1. The van der Waals surface area contributed by atoms with Crippen LogP contribution in [0.1, 0.15) is 36.9 Å². The van der Waals surface area contributed by atoms with E-state index in [1.165, 1.54) is 11.3 Å². The van der Waals surface area contributed by atoms with E-state index in [0.717, 1.165) is 30.3 Å². The quantitative estimate of drug-likeness (QED) is 0.897. The van der Waals surface area contributed by atoms with Crippen molar-refractivity contribution in [1.29, 1.82) is 0 Å². The Morgan fingerprint density at radius 3 is 2.95 bits per heavy atom. The van der Waals surface area contributed by atoms with Crippen LogP contribution in [0.5, 0.6) is 0 Å². The molecule has 2 heterocycles. The summed E-state index contributed by atoms with van der Waals surface area (Å²) in [5, 5.41) is 4.00. The van der Waals surface area contributed by atoms with Gasteiger partial charge in [0.1, 0.15) is 4.88 Å². The lowest BCUT2D eigenvalue weighted by molar-refractivity contribution is 0.0958. The van der Waals surface area contributed by atoms with Gasteiger partial charge in [-0.2, -0.15) is 11.8 Å². The Bertz CT molecular complexity index is 485. The van der Waals surface area contributed by atoms with Gasteiger partial charge in [0.15, 0.2) is 0 Å². The van der Waals surface area contributed by atoms with E-state index in [2.05, 4.69) is 24.1 Å². The van der Waals surface area contributed by atoms with E-state index in [-0.39, 0.29) is 10.7 Å². The Morgan fingerprint density at radius 2 is 2.30 bits per heavy atom. The number of nitrogens with zero attached hydrogens (tertiary/aromatic N) is 1. The van der Waals surface area contributed by atoms with Crippen LogP contribution < -0.4 is 16.0 Å². The van der Waals surface area contributed by atoms with Crippen molar-refractivity contribution in [3.8, 4) is 0 Å². The highest BCUT2D eigenvalue weighted by Gasteiger charge is 2.28. The summed E-state index contributed by atoms with van der Waals surface area (Å²) in [5.41, 5.74) is 6.60. The monoisotopic (exact) mass is 313 g/mol. The normalized spacial score (nSPS) is 18.1. The molecule has 2 rings (SSSR count). The number of hydrogen-bond acceptors (Lipinski definition) is 5. The lowest BCUT2D eigenvalue weighted by Gasteiger charge is -2.38. The summed E-state index contributed by atoms with van der Waals surface area (Å²) in [6.45, 7) is 9.26. The Hall–Kier alpha value is -0.880. The van der Waals surface area contributed by atoms with Crippen LogP contribution in [0.3, 0.4) is 0 Å². The van der Waals surface area contributed by atoms with Gasteiger partial charge >= 0.3 is 0 Å². The topological polar surface area (TPSA) is 58.4 Å². The summed E-state index contributed by atoms with van der Waals surface area (Å²) in [6, 6.07) is 1.94. The van der Waals surface area contributed by atoms with Gasteiger partial charge in [0.05, 0.1) is 10.7 Å². The molecule has 112 valence electrons. The fourth-order valence-electron chi connectivity index (χ4n) is 2.25. The van der Waals surface area contributed by atoms with Gasteiger partial charge in [-0.15, -0.1) is 11.3 Å². The Morgan fingerprint density at radius 1 is 1.55 bits per heavy atom. The van der Waals surface area contributed by atoms with Crippen LogP contribution in [-0.4, -0.2) is 36.0 Å². The average molecular weight is 313 g/mol. The molecule has 20 heavy (non-hydrogen) atoms. The van der Waals surface area contributed by atoms with Crippen molar-refractivity contribution in [1.82, 2.24) is 5.32 Å². The maximum atomic E-state index is 12.0. The summed E-state index contributed by atoms with van der Waals surface area (Å²) >= 11 is 3.50. The molecule has 1 aliphatic rings. The highest BCUT2D eigenvalue weighted by molar-refractivity contribution is 8.00. The fourth-order valence-corrected chi connectivity index (χ4v) is 4.38. The molecule has 0 radical (unpaired) electrons. The van der Waals surface area contributed by atoms with Crippen molar-refractivity contribution in [2.24, 2.45) is 0 Å². The molecule has 6 heteroatoms. The molecule has 1 saturated heterocycles. The van der Waals surface area contributed by atoms with Crippen LogP contribution in [0, 0.1) is 0 Å². The number of anilines is 2.